The van der Waals surface area contributed by atoms with Crippen LogP contribution >= 0.6 is 11.3 Å². The molecule has 2 N–H and O–H groups in total. The third-order valence-electron chi connectivity index (χ3n) is 3.65. The van der Waals surface area contributed by atoms with E-state index in [0.29, 0.717) is 24.5 Å². The molecule has 0 saturated carbocycles. The lowest BCUT2D eigenvalue weighted by Crippen LogP contribution is -2.31. The molecule has 1 aromatic carbocycles. The van der Waals surface area contributed by atoms with Crippen LogP contribution in [0.25, 0.3) is 0 Å². The fourth-order valence-corrected chi connectivity index (χ4v) is 3.10. The Bertz CT molecular complexity index is 671. The number of carbonyl (C=O) groups excluding carboxylic acids is 1. The van der Waals surface area contributed by atoms with Crippen LogP contribution in [0.5, 0.6) is 5.75 Å². The lowest BCUT2D eigenvalue weighted by atomic mass is 10.2. The van der Waals surface area contributed by atoms with Crippen molar-refractivity contribution in [3.8, 4) is 5.75 Å². The van der Waals surface area contributed by atoms with Gasteiger partial charge in [0.1, 0.15) is 12.4 Å². The predicted molar refractivity (Wildman–Crippen MR) is 86.1 cm³/mol. The highest BCUT2D eigenvalue weighted by Gasteiger charge is 2.24. The van der Waals surface area contributed by atoms with Crippen molar-refractivity contribution in [2.24, 2.45) is 5.73 Å². The highest BCUT2D eigenvalue weighted by Crippen LogP contribution is 2.19. The van der Waals surface area contributed by atoms with Crippen LogP contribution in [0.4, 0.5) is 0 Å². The number of nitrogens with two attached hydrogens (primary N) is 1. The maximum Gasteiger partial charge on any atom is 0.254 e. The van der Waals surface area contributed by atoms with Crippen LogP contribution in [0.1, 0.15) is 27.5 Å². The number of benzene rings is 1. The fourth-order valence-electron chi connectivity index (χ4n) is 2.51. The molecular formula is C16H19N3O2S. The average Bonchev–Trinajstić information content (AvgIpc) is 3.13. The zero-order chi connectivity index (χ0) is 15.5. The fraction of sp³-hybridized carbons (Fsp3) is 0.375. The Labute approximate surface area is 133 Å². The highest BCUT2D eigenvalue weighted by molar-refractivity contribution is 7.09. The van der Waals surface area contributed by atoms with E-state index in [1.54, 1.807) is 22.3 Å². The summed E-state index contributed by atoms with van der Waals surface area (Å²) in [5, 5.41) is 3.00. The van der Waals surface area contributed by atoms with Crippen LogP contribution in [-0.4, -0.2) is 34.9 Å². The molecule has 22 heavy (non-hydrogen) atoms. The first kappa shape index (κ1) is 15.0. The molecule has 0 spiro atoms. The molecule has 1 amide bonds. The maximum absolute atomic E-state index is 12.4. The smallest absolute Gasteiger partial charge is 0.254 e. The maximum atomic E-state index is 12.4. The summed E-state index contributed by atoms with van der Waals surface area (Å²) in [5.74, 6) is 0.697. The van der Waals surface area contributed by atoms with Crippen LogP contribution < -0.4 is 10.5 Å². The Hall–Kier alpha value is -1.92. The van der Waals surface area contributed by atoms with Crippen LogP contribution in [0, 0.1) is 6.92 Å². The molecule has 1 aromatic heterocycles. The Kier molecular flexibility index (Phi) is 4.40. The molecule has 1 aliphatic heterocycles. The van der Waals surface area contributed by atoms with Gasteiger partial charge in [0.15, 0.2) is 0 Å². The molecule has 0 aliphatic carbocycles. The number of aromatic nitrogens is 1. The molecule has 5 nitrogen and oxygen atoms in total. The van der Waals surface area contributed by atoms with Crippen LogP contribution in [0.3, 0.4) is 0 Å². The number of amides is 1. The van der Waals surface area contributed by atoms with Crippen molar-refractivity contribution in [2.45, 2.75) is 26.0 Å². The summed E-state index contributed by atoms with van der Waals surface area (Å²) in [6.07, 6.45) is 0.866. The van der Waals surface area contributed by atoms with Gasteiger partial charge in [-0.1, -0.05) is 6.07 Å². The van der Waals surface area contributed by atoms with Gasteiger partial charge >= 0.3 is 0 Å². The number of likely N-dealkylation sites (tertiary alicyclic amines) is 1. The van der Waals surface area contributed by atoms with Crippen molar-refractivity contribution < 1.29 is 9.53 Å². The van der Waals surface area contributed by atoms with E-state index in [4.69, 9.17) is 10.5 Å². The van der Waals surface area contributed by atoms with Gasteiger partial charge in [-0.15, -0.1) is 11.3 Å². The van der Waals surface area contributed by atoms with E-state index in [9.17, 15) is 4.79 Å². The third-order valence-corrected chi connectivity index (χ3v) is 4.47. The second-order valence-electron chi connectivity index (χ2n) is 5.47. The van der Waals surface area contributed by atoms with Crippen molar-refractivity contribution in [1.29, 1.82) is 0 Å². The molecule has 0 bridgehead atoms. The van der Waals surface area contributed by atoms with Crippen LogP contribution in [0.15, 0.2) is 29.6 Å². The summed E-state index contributed by atoms with van der Waals surface area (Å²) < 4.78 is 5.73. The molecule has 1 saturated heterocycles. The molecule has 1 atom stereocenters. The van der Waals surface area contributed by atoms with E-state index in [1.165, 1.54) is 0 Å². The van der Waals surface area contributed by atoms with E-state index >= 15 is 0 Å². The quantitative estimate of drug-likeness (QED) is 0.938. The van der Waals surface area contributed by atoms with E-state index in [1.807, 2.05) is 30.5 Å². The van der Waals surface area contributed by atoms with Gasteiger partial charge in [-0.2, -0.15) is 0 Å². The number of hydrogen-bond acceptors (Lipinski definition) is 5. The number of ether oxygens (including phenoxy) is 1. The molecule has 3 rings (SSSR count). The van der Waals surface area contributed by atoms with Crippen molar-refractivity contribution in [3.63, 3.8) is 0 Å². The van der Waals surface area contributed by atoms with Gasteiger partial charge in [-0.05, 0) is 31.5 Å². The zero-order valence-corrected chi connectivity index (χ0v) is 13.3. The van der Waals surface area contributed by atoms with E-state index in [0.717, 1.165) is 23.7 Å². The molecule has 6 heteroatoms. The number of nitrogens with zero attached hydrogens (tertiary/aromatic N) is 2. The lowest BCUT2D eigenvalue weighted by molar-refractivity contribution is 0.0790. The second kappa shape index (κ2) is 6.46. The number of rotatable bonds is 4. The van der Waals surface area contributed by atoms with Gasteiger partial charge < -0.3 is 15.4 Å². The summed E-state index contributed by atoms with van der Waals surface area (Å²) in [5.41, 5.74) is 7.41. The molecule has 2 aromatic rings. The second-order valence-corrected chi connectivity index (χ2v) is 6.54. The third kappa shape index (κ3) is 3.45. The van der Waals surface area contributed by atoms with E-state index in [2.05, 4.69) is 4.98 Å². The summed E-state index contributed by atoms with van der Waals surface area (Å²) in [6.45, 7) is 3.73. The largest absolute Gasteiger partial charge is 0.487 e. The first-order valence-corrected chi connectivity index (χ1v) is 8.18. The SMILES string of the molecule is Cc1nc(COc2cccc(C(=O)N3CC[C@H](N)C3)c2)cs1. The Morgan fingerprint density at radius 3 is 3.09 bits per heavy atom. The number of hydrogen-bond donors (Lipinski definition) is 1. The average molecular weight is 317 g/mol. The normalized spacial score (nSPS) is 17.7. The van der Waals surface area contributed by atoms with E-state index < -0.39 is 0 Å². The lowest BCUT2D eigenvalue weighted by Gasteiger charge is -2.16. The van der Waals surface area contributed by atoms with Crippen LogP contribution in [0.2, 0.25) is 0 Å². The van der Waals surface area contributed by atoms with Gasteiger partial charge in [0, 0.05) is 30.1 Å². The molecule has 1 fully saturated rings. The van der Waals surface area contributed by atoms with Gasteiger partial charge in [0.25, 0.3) is 5.91 Å². The Morgan fingerprint density at radius 2 is 2.41 bits per heavy atom. The van der Waals surface area contributed by atoms with Gasteiger partial charge in [-0.25, -0.2) is 4.98 Å². The van der Waals surface area contributed by atoms with Gasteiger partial charge in [0.2, 0.25) is 0 Å². The Balaban J connectivity index is 1.65. The Morgan fingerprint density at radius 1 is 1.55 bits per heavy atom. The first-order valence-electron chi connectivity index (χ1n) is 7.30. The molecule has 0 radical (unpaired) electrons. The number of thiazole rings is 1. The molecule has 116 valence electrons. The minimum absolute atomic E-state index is 0.0166. The topological polar surface area (TPSA) is 68.5 Å². The van der Waals surface area contributed by atoms with Crippen molar-refractivity contribution in [1.82, 2.24) is 9.88 Å². The first-order chi connectivity index (χ1) is 10.6. The molecule has 2 heterocycles. The summed E-state index contributed by atoms with van der Waals surface area (Å²) in [7, 11) is 0. The summed E-state index contributed by atoms with van der Waals surface area (Å²) in [4.78, 5) is 18.6. The van der Waals surface area contributed by atoms with Crippen molar-refractivity contribution in [2.75, 3.05) is 13.1 Å². The summed E-state index contributed by atoms with van der Waals surface area (Å²) >= 11 is 1.60. The molecule has 0 unspecified atom stereocenters. The minimum atomic E-state index is 0.0166. The molecule has 1 aliphatic rings. The standard InChI is InChI=1S/C16H19N3O2S/c1-11-18-14(10-22-11)9-21-15-4-2-3-12(7-15)16(20)19-6-5-13(17)8-19/h2-4,7,10,13H,5-6,8-9,17H2,1H3/t13-/m0/s1. The number of carbonyl (C=O) groups is 1. The van der Waals surface area contributed by atoms with Crippen molar-refractivity contribution in [3.05, 3.63) is 45.9 Å². The monoisotopic (exact) mass is 317 g/mol. The zero-order valence-electron chi connectivity index (χ0n) is 12.5. The van der Waals surface area contributed by atoms with Crippen LogP contribution in [-0.2, 0) is 6.61 Å². The van der Waals surface area contributed by atoms with Crippen molar-refractivity contribution >= 4 is 17.2 Å². The summed E-state index contributed by atoms with van der Waals surface area (Å²) in [6, 6.07) is 7.38. The van der Waals surface area contributed by atoms with Gasteiger partial charge in [0.05, 0.1) is 10.7 Å². The predicted octanol–water partition coefficient (Wildman–Crippen LogP) is 2.20. The number of aryl methyl sites for hydroxylation is 1. The van der Waals surface area contributed by atoms with E-state index in [-0.39, 0.29) is 11.9 Å². The minimum Gasteiger partial charge on any atom is -0.487 e. The highest BCUT2D eigenvalue weighted by atomic mass is 32.1. The molecular weight excluding hydrogens is 298 g/mol. The van der Waals surface area contributed by atoms with Gasteiger partial charge in [-0.3, -0.25) is 4.79 Å².